The highest BCUT2D eigenvalue weighted by Crippen LogP contribution is 2.30. The molecular formula is C20H14O3S. The summed E-state index contributed by atoms with van der Waals surface area (Å²) in [7, 11) is 0. The van der Waals surface area contributed by atoms with Crippen LogP contribution in [0.2, 0.25) is 0 Å². The summed E-state index contributed by atoms with van der Waals surface area (Å²) in [5.74, 6) is 0.0949. The number of benzene rings is 2. The van der Waals surface area contributed by atoms with Crippen LogP contribution in [-0.2, 0) is 17.6 Å². The molecule has 4 heteroatoms. The third-order valence-electron chi connectivity index (χ3n) is 4.05. The van der Waals surface area contributed by atoms with Gasteiger partial charge in [0.1, 0.15) is 11.4 Å². The van der Waals surface area contributed by atoms with Gasteiger partial charge in [-0.1, -0.05) is 48.5 Å². The lowest BCUT2D eigenvalue weighted by Crippen LogP contribution is -2.08. The molecule has 118 valence electrons. The molecule has 24 heavy (non-hydrogen) atoms. The fraction of sp³-hybridized carbons (Fsp3) is 0.100. The van der Waals surface area contributed by atoms with Crippen LogP contribution in [0, 0.1) is 0 Å². The molecule has 0 aliphatic carbocycles. The number of thiophene rings is 1. The fourth-order valence-electron chi connectivity index (χ4n) is 2.94. The zero-order chi connectivity index (χ0) is 16.5. The molecule has 2 aromatic carbocycles. The Balaban J connectivity index is 1.71. The Kier molecular flexibility index (Phi) is 3.75. The maximum Gasteiger partial charge on any atom is 0.345 e. The first kappa shape index (κ1) is 14.8. The second kappa shape index (κ2) is 6.06. The van der Waals surface area contributed by atoms with Crippen LogP contribution in [0.1, 0.15) is 10.4 Å². The lowest BCUT2D eigenvalue weighted by Gasteiger charge is -2.01. The maximum absolute atomic E-state index is 12.4. The summed E-state index contributed by atoms with van der Waals surface area (Å²) in [5, 5.41) is 4.26. The van der Waals surface area contributed by atoms with E-state index in [4.69, 9.17) is 4.42 Å². The highest BCUT2D eigenvalue weighted by atomic mass is 32.1. The number of carbonyl (C=O) groups is 1. The normalized spacial score (nSPS) is 11.2. The van der Waals surface area contributed by atoms with E-state index in [0.29, 0.717) is 17.4 Å². The molecule has 0 aliphatic heterocycles. The lowest BCUT2D eigenvalue weighted by molar-refractivity contribution is -0.117. The summed E-state index contributed by atoms with van der Waals surface area (Å²) >= 11 is 1.45. The van der Waals surface area contributed by atoms with Crippen molar-refractivity contribution in [1.29, 1.82) is 0 Å². The topological polar surface area (TPSA) is 47.3 Å². The third kappa shape index (κ3) is 2.65. The predicted molar refractivity (Wildman–Crippen MR) is 96.7 cm³/mol. The van der Waals surface area contributed by atoms with E-state index >= 15 is 0 Å². The van der Waals surface area contributed by atoms with Gasteiger partial charge in [0, 0.05) is 28.5 Å². The van der Waals surface area contributed by atoms with Gasteiger partial charge in [0.15, 0.2) is 0 Å². The van der Waals surface area contributed by atoms with Crippen LogP contribution in [-0.4, -0.2) is 5.78 Å². The number of ketones is 1. The SMILES string of the molecule is O=C(Cc1ccccc1)Cc1scc2c1c(=O)oc1ccccc12. The first-order chi connectivity index (χ1) is 11.7. The van der Waals surface area contributed by atoms with E-state index < -0.39 is 0 Å². The molecule has 2 aromatic heterocycles. The molecule has 0 radical (unpaired) electrons. The summed E-state index contributed by atoms with van der Waals surface area (Å²) in [4.78, 5) is 25.5. The molecule has 0 atom stereocenters. The van der Waals surface area contributed by atoms with Crippen LogP contribution >= 0.6 is 11.3 Å². The molecule has 0 spiro atoms. The van der Waals surface area contributed by atoms with E-state index in [1.165, 1.54) is 11.3 Å². The highest BCUT2D eigenvalue weighted by Gasteiger charge is 2.16. The van der Waals surface area contributed by atoms with Gasteiger partial charge in [0.2, 0.25) is 0 Å². The number of rotatable bonds is 4. The van der Waals surface area contributed by atoms with Crippen molar-refractivity contribution in [2.45, 2.75) is 12.8 Å². The minimum Gasteiger partial charge on any atom is -0.422 e. The molecule has 0 N–H and O–H groups in total. The molecule has 0 saturated heterocycles. The molecule has 3 nitrogen and oxygen atoms in total. The molecule has 2 heterocycles. The Morgan fingerprint density at radius 1 is 0.917 bits per heavy atom. The molecule has 4 rings (SSSR count). The first-order valence-corrected chi connectivity index (χ1v) is 8.58. The van der Waals surface area contributed by atoms with Crippen LogP contribution in [0.5, 0.6) is 0 Å². The third-order valence-corrected chi connectivity index (χ3v) is 5.04. The molecular weight excluding hydrogens is 320 g/mol. The minimum atomic E-state index is -0.368. The van der Waals surface area contributed by atoms with E-state index in [1.807, 2.05) is 53.9 Å². The van der Waals surface area contributed by atoms with Crippen molar-refractivity contribution in [3.63, 3.8) is 0 Å². The van der Waals surface area contributed by atoms with Crippen LogP contribution in [0.15, 0.2) is 69.2 Å². The van der Waals surface area contributed by atoms with Gasteiger partial charge in [0.05, 0.1) is 5.39 Å². The van der Waals surface area contributed by atoms with Crippen molar-refractivity contribution >= 4 is 38.9 Å². The fourth-order valence-corrected chi connectivity index (χ4v) is 4.00. The molecule has 0 saturated carbocycles. The van der Waals surface area contributed by atoms with Gasteiger partial charge in [-0.25, -0.2) is 4.79 Å². The van der Waals surface area contributed by atoms with Crippen LogP contribution in [0.3, 0.4) is 0 Å². The quantitative estimate of drug-likeness (QED) is 0.521. The Morgan fingerprint density at radius 3 is 2.50 bits per heavy atom. The van der Waals surface area contributed by atoms with Crippen molar-refractivity contribution in [2.75, 3.05) is 0 Å². The van der Waals surface area contributed by atoms with Crippen LogP contribution < -0.4 is 5.63 Å². The first-order valence-electron chi connectivity index (χ1n) is 7.70. The Morgan fingerprint density at radius 2 is 1.67 bits per heavy atom. The van der Waals surface area contributed by atoms with E-state index in [1.54, 1.807) is 6.07 Å². The molecule has 0 aliphatic rings. The monoisotopic (exact) mass is 334 g/mol. The van der Waals surface area contributed by atoms with E-state index in [0.717, 1.165) is 21.2 Å². The number of para-hydroxylation sites is 1. The van der Waals surface area contributed by atoms with Gasteiger partial charge in [0.25, 0.3) is 0 Å². The van der Waals surface area contributed by atoms with Gasteiger partial charge in [-0.05, 0) is 17.0 Å². The lowest BCUT2D eigenvalue weighted by atomic mass is 10.0. The number of fused-ring (bicyclic) bond motifs is 3. The number of hydrogen-bond acceptors (Lipinski definition) is 4. The Labute approximate surface area is 142 Å². The van der Waals surface area contributed by atoms with Crippen molar-refractivity contribution in [2.24, 2.45) is 0 Å². The zero-order valence-corrected chi connectivity index (χ0v) is 13.6. The number of Topliss-reactive ketones (excluding diaryl/α,β-unsaturated/α-hetero) is 1. The molecule has 4 aromatic rings. The summed E-state index contributed by atoms with van der Waals surface area (Å²) in [6.45, 7) is 0. The largest absolute Gasteiger partial charge is 0.422 e. The second-order valence-electron chi connectivity index (χ2n) is 5.71. The van der Waals surface area contributed by atoms with Gasteiger partial charge in [-0.3, -0.25) is 4.79 Å². The summed E-state index contributed by atoms with van der Waals surface area (Å²) in [6.07, 6.45) is 0.630. The van der Waals surface area contributed by atoms with E-state index in [2.05, 4.69) is 0 Å². The summed E-state index contributed by atoms with van der Waals surface area (Å²) in [5.41, 5.74) is 1.20. The van der Waals surface area contributed by atoms with Crippen molar-refractivity contribution in [3.8, 4) is 0 Å². The summed E-state index contributed by atoms with van der Waals surface area (Å²) < 4.78 is 5.41. The molecule has 0 fully saturated rings. The molecule has 0 unspecified atom stereocenters. The number of hydrogen-bond donors (Lipinski definition) is 0. The van der Waals surface area contributed by atoms with Gasteiger partial charge >= 0.3 is 5.63 Å². The summed E-state index contributed by atoms with van der Waals surface area (Å²) in [6, 6.07) is 17.1. The average molecular weight is 334 g/mol. The van der Waals surface area contributed by atoms with Crippen molar-refractivity contribution < 1.29 is 9.21 Å². The number of carbonyl (C=O) groups excluding carboxylic acids is 1. The van der Waals surface area contributed by atoms with Crippen molar-refractivity contribution in [3.05, 3.63) is 80.8 Å². The van der Waals surface area contributed by atoms with Gasteiger partial charge in [-0.15, -0.1) is 11.3 Å². The van der Waals surface area contributed by atoms with Crippen molar-refractivity contribution in [1.82, 2.24) is 0 Å². The average Bonchev–Trinajstić information content (AvgIpc) is 3.00. The predicted octanol–water partition coefficient (Wildman–Crippen LogP) is 4.36. The minimum absolute atomic E-state index is 0.0949. The smallest absolute Gasteiger partial charge is 0.345 e. The van der Waals surface area contributed by atoms with Crippen LogP contribution in [0.25, 0.3) is 21.7 Å². The second-order valence-corrected chi connectivity index (χ2v) is 6.68. The van der Waals surface area contributed by atoms with E-state index in [9.17, 15) is 9.59 Å². The zero-order valence-electron chi connectivity index (χ0n) is 12.8. The molecule has 0 amide bonds. The van der Waals surface area contributed by atoms with Gasteiger partial charge < -0.3 is 4.42 Å². The Hall–Kier alpha value is -2.72. The highest BCUT2D eigenvalue weighted by molar-refractivity contribution is 7.11. The Bertz CT molecular complexity index is 1090. The van der Waals surface area contributed by atoms with E-state index in [-0.39, 0.29) is 17.8 Å². The maximum atomic E-state index is 12.4. The van der Waals surface area contributed by atoms with Gasteiger partial charge in [-0.2, -0.15) is 0 Å². The standard InChI is InChI=1S/C20H14O3S/c21-14(10-13-6-2-1-3-7-13)11-18-19-16(12-24-18)15-8-4-5-9-17(15)23-20(19)22/h1-9,12H,10-11H2. The molecule has 0 bridgehead atoms. The van der Waals surface area contributed by atoms with Crippen LogP contribution in [0.4, 0.5) is 0 Å².